The summed E-state index contributed by atoms with van der Waals surface area (Å²) in [5.41, 5.74) is -1.71. The predicted octanol–water partition coefficient (Wildman–Crippen LogP) is -0.800. The van der Waals surface area contributed by atoms with Gasteiger partial charge in [0.1, 0.15) is 0 Å². The van der Waals surface area contributed by atoms with Crippen LogP contribution >= 0.6 is 0 Å². The molecule has 0 fully saturated rings. The molecule has 0 spiro atoms. The molecule has 0 aliphatic carbocycles. The average molecular weight is 238 g/mol. The molecular weight excluding hydrogens is 235 g/mol. The number of H-pyrrole nitrogens is 2. The predicted molar refractivity (Wildman–Crippen MR) is 27.6 cm³/mol. The van der Waals surface area contributed by atoms with E-state index in [-0.39, 0.29) is 22.4 Å². The van der Waals surface area contributed by atoms with Gasteiger partial charge in [0.05, 0.1) is 0 Å². The summed E-state index contributed by atoms with van der Waals surface area (Å²) in [7, 11) is 0. The number of hydrogen-bond donors (Lipinski definition) is 2. The number of hydrogen-bond acceptors (Lipinski definition) is 2. The summed E-state index contributed by atoms with van der Waals surface area (Å²) in [5, 5.41) is 0. The fourth-order valence-electron chi connectivity index (χ4n) is 0.393. The SMILES string of the molecule is O=c1[nH]cc(F)c(=O)[nH]1.[Ag+]. The van der Waals surface area contributed by atoms with Crippen molar-refractivity contribution in [1.82, 2.24) is 9.97 Å². The fourth-order valence-corrected chi connectivity index (χ4v) is 0.393. The van der Waals surface area contributed by atoms with E-state index in [0.717, 1.165) is 0 Å². The maximum absolute atomic E-state index is 12.0. The van der Waals surface area contributed by atoms with Crippen LogP contribution in [-0.2, 0) is 22.4 Å². The molecule has 6 heteroatoms. The Bertz CT molecular complexity index is 318. The molecular formula is C4H3AgFN2O2+. The Morgan fingerprint density at radius 3 is 2.40 bits per heavy atom. The Labute approximate surface area is 70.0 Å². The minimum atomic E-state index is -1.00. The van der Waals surface area contributed by atoms with Gasteiger partial charge < -0.3 is 4.98 Å². The van der Waals surface area contributed by atoms with Crippen molar-refractivity contribution in [2.75, 3.05) is 0 Å². The van der Waals surface area contributed by atoms with Gasteiger partial charge in [-0.15, -0.1) is 0 Å². The van der Waals surface area contributed by atoms with E-state index in [1.165, 1.54) is 0 Å². The topological polar surface area (TPSA) is 65.7 Å². The first-order chi connectivity index (χ1) is 4.20. The second kappa shape index (κ2) is 3.50. The molecule has 1 aromatic heterocycles. The van der Waals surface area contributed by atoms with Crippen LogP contribution in [0.2, 0.25) is 0 Å². The molecule has 1 aromatic rings. The maximum atomic E-state index is 12.0. The molecule has 0 saturated carbocycles. The molecule has 10 heavy (non-hydrogen) atoms. The van der Waals surface area contributed by atoms with Crippen molar-refractivity contribution in [2.45, 2.75) is 0 Å². The first kappa shape index (κ1) is 9.35. The summed E-state index contributed by atoms with van der Waals surface area (Å²) in [5.74, 6) is -0.991. The van der Waals surface area contributed by atoms with Crippen molar-refractivity contribution in [3.63, 3.8) is 0 Å². The third-order valence-corrected chi connectivity index (χ3v) is 0.774. The van der Waals surface area contributed by atoms with Crippen molar-refractivity contribution in [2.24, 2.45) is 0 Å². The molecule has 0 aliphatic heterocycles. The van der Waals surface area contributed by atoms with E-state index in [4.69, 9.17) is 0 Å². The molecule has 1 rings (SSSR count). The Balaban J connectivity index is 0.000000810. The molecule has 0 aliphatic rings. The molecule has 0 bridgehead atoms. The van der Waals surface area contributed by atoms with Crippen molar-refractivity contribution in [3.05, 3.63) is 32.9 Å². The number of rotatable bonds is 0. The molecule has 0 amide bonds. The van der Waals surface area contributed by atoms with Crippen LogP contribution in [0.25, 0.3) is 0 Å². The molecule has 0 unspecified atom stereocenters. The maximum Gasteiger partial charge on any atom is 1.00 e. The van der Waals surface area contributed by atoms with Crippen LogP contribution in [0.1, 0.15) is 0 Å². The van der Waals surface area contributed by atoms with Crippen LogP contribution in [0.5, 0.6) is 0 Å². The summed E-state index contributed by atoms with van der Waals surface area (Å²) in [6.45, 7) is 0. The van der Waals surface area contributed by atoms with Crippen LogP contribution in [0.3, 0.4) is 0 Å². The van der Waals surface area contributed by atoms with Crippen molar-refractivity contribution < 1.29 is 26.8 Å². The van der Waals surface area contributed by atoms with Gasteiger partial charge >= 0.3 is 28.1 Å². The number of halogens is 1. The third-order valence-electron chi connectivity index (χ3n) is 0.774. The molecule has 58 valence electrons. The van der Waals surface area contributed by atoms with E-state index in [1.807, 2.05) is 4.98 Å². The van der Waals surface area contributed by atoms with Crippen LogP contribution < -0.4 is 11.2 Å². The summed E-state index contributed by atoms with van der Waals surface area (Å²) < 4.78 is 12.0. The molecule has 0 radical (unpaired) electrons. The zero-order chi connectivity index (χ0) is 6.85. The minimum Gasteiger partial charge on any atom is -0.311 e. The fraction of sp³-hybridized carbons (Fsp3) is 0. The van der Waals surface area contributed by atoms with Crippen molar-refractivity contribution >= 4 is 0 Å². The standard InChI is InChI=1S/C4H3FN2O2.Ag/c5-2-1-6-4(9)7-3(2)8;/h1H,(H2,6,7,8,9);/q;+1. The number of aromatic nitrogens is 2. The molecule has 0 atom stereocenters. The normalized spacial score (nSPS) is 8.50. The second-order valence-electron chi connectivity index (χ2n) is 1.42. The van der Waals surface area contributed by atoms with Crippen LogP contribution in [0, 0.1) is 5.82 Å². The van der Waals surface area contributed by atoms with E-state index >= 15 is 0 Å². The van der Waals surface area contributed by atoms with Gasteiger partial charge in [0, 0.05) is 6.20 Å². The van der Waals surface area contributed by atoms with Crippen LogP contribution in [0.15, 0.2) is 15.8 Å². The molecule has 1 heterocycles. The largest absolute Gasteiger partial charge is 1.00 e. The third kappa shape index (κ3) is 1.94. The first-order valence-corrected chi connectivity index (χ1v) is 2.17. The van der Waals surface area contributed by atoms with Gasteiger partial charge in [-0.2, -0.15) is 4.39 Å². The Kier molecular flexibility index (Phi) is 3.27. The smallest absolute Gasteiger partial charge is 0.311 e. The Morgan fingerprint density at radius 2 is 2.00 bits per heavy atom. The van der Waals surface area contributed by atoms with Gasteiger partial charge in [-0.25, -0.2) is 4.79 Å². The summed E-state index contributed by atoms with van der Waals surface area (Å²) in [4.78, 5) is 24.0. The Hall–Kier alpha value is -0.650. The summed E-state index contributed by atoms with van der Waals surface area (Å²) in [6, 6.07) is 0. The molecule has 2 N–H and O–H groups in total. The van der Waals surface area contributed by atoms with Crippen LogP contribution in [-0.4, -0.2) is 9.97 Å². The molecule has 4 nitrogen and oxygen atoms in total. The van der Waals surface area contributed by atoms with Gasteiger partial charge in [0.25, 0.3) is 5.56 Å². The van der Waals surface area contributed by atoms with Gasteiger partial charge in [0.2, 0.25) is 5.82 Å². The van der Waals surface area contributed by atoms with E-state index in [0.29, 0.717) is 6.20 Å². The number of nitrogens with one attached hydrogen (secondary N) is 2. The quantitative estimate of drug-likeness (QED) is 0.581. The Morgan fingerprint density at radius 1 is 1.40 bits per heavy atom. The minimum absolute atomic E-state index is 0. The zero-order valence-corrected chi connectivity index (χ0v) is 6.06. The number of aromatic amines is 2. The van der Waals surface area contributed by atoms with Crippen LogP contribution in [0.4, 0.5) is 4.39 Å². The van der Waals surface area contributed by atoms with E-state index < -0.39 is 17.1 Å². The van der Waals surface area contributed by atoms with Crippen molar-refractivity contribution in [1.29, 1.82) is 0 Å². The van der Waals surface area contributed by atoms with Gasteiger partial charge in [-0.05, 0) is 0 Å². The molecule has 0 saturated heterocycles. The zero-order valence-electron chi connectivity index (χ0n) is 4.57. The van der Waals surface area contributed by atoms with Gasteiger partial charge in [0.15, 0.2) is 0 Å². The second-order valence-corrected chi connectivity index (χ2v) is 1.42. The first-order valence-electron chi connectivity index (χ1n) is 2.17. The monoisotopic (exact) mass is 237 g/mol. The van der Waals surface area contributed by atoms with E-state index in [1.54, 1.807) is 4.98 Å². The van der Waals surface area contributed by atoms with Gasteiger partial charge in [-0.3, -0.25) is 9.78 Å². The van der Waals surface area contributed by atoms with Gasteiger partial charge in [-0.1, -0.05) is 0 Å². The molecule has 0 aromatic carbocycles. The van der Waals surface area contributed by atoms with Crippen molar-refractivity contribution in [3.8, 4) is 0 Å². The summed E-state index contributed by atoms with van der Waals surface area (Å²) >= 11 is 0. The average Bonchev–Trinajstić information content (AvgIpc) is 1.80. The summed E-state index contributed by atoms with van der Waals surface area (Å²) in [6.07, 6.45) is 0.709. The van der Waals surface area contributed by atoms with E-state index in [2.05, 4.69) is 0 Å². The van der Waals surface area contributed by atoms with E-state index in [9.17, 15) is 14.0 Å².